The lowest BCUT2D eigenvalue weighted by Crippen LogP contribution is -2.28. The fraction of sp³-hybridized carbons (Fsp3) is 0.357. The van der Waals surface area contributed by atoms with E-state index in [2.05, 4.69) is 102 Å². The van der Waals surface area contributed by atoms with Gasteiger partial charge in [0.05, 0.1) is 18.5 Å². The highest BCUT2D eigenvalue weighted by Crippen LogP contribution is 2.35. The minimum Gasteiger partial charge on any atom is -0.494 e. The van der Waals surface area contributed by atoms with Crippen LogP contribution in [0.5, 0.6) is 5.75 Å². The van der Waals surface area contributed by atoms with E-state index < -0.39 is 0 Å². The summed E-state index contributed by atoms with van der Waals surface area (Å²) >= 11 is 0. The molecule has 0 unspecified atom stereocenters. The van der Waals surface area contributed by atoms with Crippen LogP contribution in [-0.4, -0.2) is 60.8 Å². The normalized spacial score (nSPS) is 10.8. The Hall–Kier alpha value is -3.58. The van der Waals surface area contributed by atoms with Crippen molar-refractivity contribution in [2.45, 2.75) is 20.8 Å². The summed E-state index contributed by atoms with van der Waals surface area (Å²) < 4.78 is 7.83. The summed E-state index contributed by atoms with van der Waals surface area (Å²) in [7, 11) is 10.0. The van der Waals surface area contributed by atoms with E-state index in [-0.39, 0.29) is 0 Å². The number of aromatic nitrogens is 3. The molecule has 0 aliphatic rings. The molecule has 0 radical (unpaired) electrons. The van der Waals surface area contributed by atoms with Gasteiger partial charge in [0.2, 0.25) is 5.95 Å². The number of ether oxygens (including phenoxy) is 1. The van der Waals surface area contributed by atoms with Crippen molar-refractivity contribution < 1.29 is 4.74 Å². The molecule has 4 aromatic rings. The Balaban J connectivity index is 0.00000167. The summed E-state index contributed by atoms with van der Waals surface area (Å²) in [5, 5.41) is 4.53. The highest BCUT2D eigenvalue weighted by molar-refractivity contribution is 5.95. The molecule has 0 aliphatic carbocycles. The second-order valence-electron chi connectivity index (χ2n) is 8.63. The Labute approximate surface area is 209 Å². The van der Waals surface area contributed by atoms with Crippen LogP contribution in [0.2, 0.25) is 0 Å². The van der Waals surface area contributed by atoms with Crippen LogP contribution < -0.4 is 15.0 Å². The lowest BCUT2D eigenvalue weighted by Gasteiger charge is -2.25. The van der Waals surface area contributed by atoms with Crippen LogP contribution in [0.25, 0.3) is 22.2 Å². The van der Waals surface area contributed by atoms with Crippen LogP contribution in [0.15, 0.2) is 54.9 Å². The van der Waals surface area contributed by atoms with Crippen LogP contribution in [0.1, 0.15) is 19.4 Å². The zero-order valence-electron chi connectivity index (χ0n) is 22.3. The minimum atomic E-state index is 0.534. The van der Waals surface area contributed by atoms with E-state index in [1.54, 1.807) is 13.3 Å². The van der Waals surface area contributed by atoms with Crippen molar-refractivity contribution in [2.24, 2.45) is 7.05 Å². The van der Waals surface area contributed by atoms with E-state index >= 15 is 0 Å². The van der Waals surface area contributed by atoms with Gasteiger partial charge in [-0.1, -0.05) is 32.0 Å². The van der Waals surface area contributed by atoms with Gasteiger partial charge in [-0.05, 0) is 44.8 Å². The Morgan fingerprint density at radius 3 is 2.49 bits per heavy atom. The molecule has 2 aromatic heterocycles. The monoisotopic (exact) mass is 474 g/mol. The maximum Gasteiger partial charge on any atom is 0.227 e. The Morgan fingerprint density at radius 2 is 1.77 bits per heavy atom. The molecule has 0 spiro atoms. The van der Waals surface area contributed by atoms with Gasteiger partial charge in [0, 0.05) is 67.8 Å². The maximum atomic E-state index is 5.71. The van der Waals surface area contributed by atoms with Gasteiger partial charge in [0.25, 0.3) is 0 Å². The summed E-state index contributed by atoms with van der Waals surface area (Å²) in [5.74, 6) is 1.29. The second kappa shape index (κ2) is 11.7. The standard InChI is InChI=1S/C26H32N6O.C2H6/c1-18-15-22(25(33-6)16-24(18)31(4)14-13-30(2)3)29-26-27-12-11-21(28-26)20-17-32(5)23-10-8-7-9-19(20)23;1-2/h7-12,15-17H,13-14H2,1-6H3,(H,27,28,29);1-2H3. The summed E-state index contributed by atoms with van der Waals surface area (Å²) in [6.07, 6.45) is 3.90. The molecular formula is C28H38N6O. The SMILES string of the molecule is CC.COc1cc(N(C)CCN(C)C)c(C)cc1Nc1nccc(-c2cn(C)c3ccccc23)n1. The molecule has 0 amide bonds. The average Bonchev–Trinajstić information content (AvgIpc) is 3.21. The van der Waals surface area contributed by atoms with E-state index in [4.69, 9.17) is 9.72 Å². The molecule has 0 saturated heterocycles. The summed E-state index contributed by atoms with van der Waals surface area (Å²) in [5.41, 5.74) is 6.27. The number of hydrogen-bond donors (Lipinski definition) is 1. The van der Waals surface area contributed by atoms with E-state index in [9.17, 15) is 0 Å². The van der Waals surface area contributed by atoms with Crippen molar-refractivity contribution in [3.05, 3.63) is 60.4 Å². The molecule has 0 saturated carbocycles. The molecule has 186 valence electrons. The molecule has 7 nitrogen and oxygen atoms in total. The number of methoxy groups -OCH3 is 1. The van der Waals surface area contributed by atoms with Gasteiger partial charge in [-0.25, -0.2) is 9.97 Å². The van der Waals surface area contributed by atoms with Crippen LogP contribution in [0, 0.1) is 6.92 Å². The largest absolute Gasteiger partial charge is 0.494 e. The molecule has 2 heterocycles. The number of nitrogens with one attached hydrogen (secondary N) is 1. The number of para-hydroxylation sites is 1. The lowest BCUT2D eigenvalue weighted by molar-refractivity contribution is 0.413. The molecule has 0 atom stereocenters. The Morgan fingerprint density at radius 1 is 1.03 bits per heavy atom. The molecule has 0 bridgehead atoms. The predicted molar refractivity (Wildman–Crippen MR) is 148 cm³/mol. The third-order valence-corrected chi connectivity index (χ3v) is 5.89. The quantitative estimate of drug-likeness (QED) is 0.352. The summed E-state index contributed by atoms with van der Waals surface area (Å²) in [6, 6.07) is 14.4. The Bertz CT molecular complexity index is 1260. The summed E-state index contributed by atoms with van der Waals surface area (Å²) in [6.45, 7) is 8.02. The van der Waals surface area contributed by atoms with Crippen molar-refractivity contribution >= 4 is 28.2 Å². The van der Waals surface area contributed by atoms with Gasteiger partial charge in [0.15, 0.2) is 0 Å². The van der Waals surface area contributed by atoms with Gasteiger partial charge in [-0.3, -0.25) is 0 Å². The second-order valence-corrected chi connectivity index (χ2v) is 8.63. The van der Waals surface area contributed by atoms with Crippen molar-refractivity contribution in [3.8, 4) is 17.0 Å². The van der Waals surface area contributed by atoms with Gasteiger partial charge in [-0.15, -0.1) is 0 Å². The first-order valence-corrected chi connectivity index (χ1v) is 12.1. The van der Waals surface area contributed by atoms with Crippen molar-refractivity contribution in [1.82, 2.24) is 19.4 Å². The van der Waals surface area contributed by atoms with Gasteiger partial charge in [-0.2, -0.15) is 0 Å². The molecule has 0 aliphatic heterocycles. The minimum absolute atomic E-state index is 0.534. The smallest absolute Gasteiger partial charge is 0.227 e. The van der Waals surface area contributed by atoms with Gasteiger partial charge in [0.1, 0.15) is 5.75 Å². The van der Waals surface area contributed by atoms with E-state index in [1.807, 2.05) is 19.9 Å². The van der Waals surface area contributed by atoms with Crippen LogP contribution in [0.3, 0.4) is 0 Å². The predicted octanol–water partition coefficient (Wildman–Crippen LogP) is 5.72. The van der Waals surface area contributed by atoms with Gasteiger partial charge < -0.3 is 24.4 Å². The highest BCUT2D eigenvalue weighted by atomic mass is 16.5. The van der Waals surface area contributed by atoms with Crippen LogP contribution >= 0.6 is 0 Å². The average molecular weight is 475 g/mol. The van der Waals surface area contributed by atoms with Crippen LogP contribution in [0.4, 0.5) is 17.3 Å². The van der Waals surface area contributed by atoms with Crippen LogP contribution in [-0.2, 0) is 7.05 Å². The van der Waals surface area contributed by atoms with Gasteiger partial charge >= 0.3 is 0 Å². The number of rotatable bonds is 8. The number of hydrogen-bond acceptors (Lipinski definition) is 6. The topological polar surface area (TPSA) is 58.5 Å². The number of fused-ring (bicyclic) bond motifs is 1. The number of anilines is 3. The third kappa shape index (κ3) is 5.92. The first-order chi connectivity index (χ1) is 16.9. The van der Waals surface area contributed by atoms with Crippen molar-refractivity contribution in [2.75, 3.05) is 51.6 Å². The zero-order chi connectivity index (χ0) is 25.5. The third-order valence-electron chi connectivity index (χ3n) is 5.89. The van der Waals surface area contributed by atoms with Crippen molar-refractivity contribution in [1.29, 1.82) is 0 Å². The zero-order valence-corrected chi connectivity index (χ0v) is 22.3. The van der Waals surface area contributed by atoms with E-state index in [1.165, 1.54) is 10.9 Å². The highest BCUT2D eigenvalue weighted by Gasteiger charge is 2.14. The fourth-order valence-electron chi connectivity index (χ4n) is 4.06. The first kappa shape index (κ1) is 26.0. The molecule has 2 aromatic carbocycles. The molecule has 1 N–H and O–H groups in total. The summed E-state index contributed by atoms with van der Waals surface area (Å²) in [4.78, 5) is 13.7. The molecule has 7 heteroatoms. The van der Waals surface area contributed by atoms with Crippen molar-refractivity contribution in [3.63, 3.8) is 0 Å². The molecule has 4 rings (SSSR count). The fourth-order valence-corrected chi connectivity index (χ4v) is 4.06. The number of likely N-dealkylation sites (N-methyl/N-ethyl adjacent to an activating group) is 2. The Kier molecular flexibility index (Phi) is 8.71. The molecule has 0 fully saturated rings. The lowest BCUT2D eigenvalue weighted by atomic mass is 10.1. The molecule has 35 heavy (non-hydrogen) atoms. The maximum absolute atomic E-state index is 5.71. The number of nitrogens with zero attached hydrogens (tertiary/aromatic N) is 5. The number of benzene rings is 2. The van der Waals surface area contributed by atoms with E-state index in [0.717, 1.165) is 47.0 Å². The van der Waals surface area contributed by atoms with E-state index in [0.29, 0.717) is 5.95 Å². The molecular weight excluding hydrogens is 436 g/mol. The number of aryl methyl sites for hydroxylation is 2. The first-order valence-electron chi connectivity index (χ1n) is 12.1.